The second-order valence-corrected chi connectivity index (χ2v) is 9.19. The Labute approximate surface area is 210 Å². The van der Waals surface area contributed by atoms with E-state index in [1.807, 2.05) is 0 Å². The van der Waals surface area contributed by atoms with Gasteiger partial charge in [0.1, 0.15) is 18.1 Å². The van der Waals surface area contributed by atoms with Crippen LogP contribution in [-0.2, 0) is 25.6 Å². The number of nitrogens with two attached hydrogens (primary N) is 3. The van der Waals surface area contributed by atoms with Gasteiger partial charge in [-0.15, -0.1) is 0 Å². The van der Waals surface area contributed by atoms with Crippen LogP contribution in [0.2, 0.25) is 0 Å². The number of aromatic amines is 1. The van der Waals surface area contributed by atoms with Gasteiger partial charge in [0.15, 0.2) is 5.96 Å². The summed E-state index contributed by atoms with van der Waals surface area (Å²) < 4.78 is 0. The number of H-pyrrole nitrogens is 1. The highest BCUT2D eigenvalue weighted by molar-refractivity contribution is 5.94. The van der Waals surface area contributed by atoms with Crippen LogP contribution in [-0.4, -0.2) is 75.4 Å². The van der Waals surface area contributed by atoms with Gasteiger partial charge in [-0.2, -0.15) is 0 Å². The van der Waals surface area contributed by atoms with E-state index < -0.39 is 47.9 Å². The number of nitrogens with zero attached hydrogens (tertiary/aromatic N) is 2. The summed E-state index contributed by atoms with van der Waals surface area (Å²) in [6.07, 6.45) is 3.40. The van der Waals surface area contributed by atoms with Gasteiger partial charge in [0.25, 0.3) is 0 Å². The summed E-state index contributed by atoms with van der Waals surface area (Å²) in [6.45, 7) is 7.20. The van der Waals surface area contributed by atoms with E-state index in [9.17, 15) is 24.3 Å². The maximum atomic E-state index is 13.1. The van der Waals surface area contributed by atoms with Crippen LogP contribution < -0.4 is 33.2 Å². The van der Waals surface area contributed by atoms with Gasteiger partial charge in [-0.3, -0.25) is 19.4 Å². The molecule has 1 heterocycles. The molecule has 0 aromatic carbocycles. The molecule has 0 saturated heterocycles. The number of carboxylic acid groups (broad SMARTS) is 1. The Morgan fingerprint density at radius 1 is 1.00 bits per heavy atom. The molecule has 1 rings (SSSR count). The van der Waals surface area contributed by atoms with Crippen molar-refractivity contribution >= 4 is 29.7 Å². The van der Waals surface area contributed by atoms with Crippen molar-refractivity contribution in [2.75, 3.05) is 6.54 Å². The van der Waals surface area contributed by atoms with E-state index in [0.29, 0.717) is 12.1 Å². The molecule has 0 aliphatic heterocycles. The molecule has 0 radical (unpaired) electrons. The van der Waals surface area contributed by atoms with Crippen LogP contribution in [0.1, 0.15) is 46.2 Å². The largest absolute Gasteiger partial charge is 0.480 e. The molecule has 0 fully saturated rings. The number of guanidine groups is 1. The Kier molecular flexibility index (Phi) is 12.4. The number of carbonyl (C=O) groups is 4. The lowest BCUT2D eigenvalue weighted by Gasteiger charge is -2.27. The fraction of sp³-hybridized carbons (Fsp3) is 0.636. The number of hydrogen-bond donors (Lipinski definition) is 8. The Balaban J connectivity index is 2.97. The molecule has 4 atom stereocenters. The van der Waals surface area contributed by atoms with Gasteiger partial charge in [-0.1, -0.05) is 27.7 Å². The van der Waals surface area contributed by atoms with Gasteiger partial charge in [-0.25, -0.2) is 9.78 Å². The molecule has 4 unspecified atom stereocenters. The summed E-state index contributed by atoms with van der Waals surface area (Å²) in [5.74, 6) is -3.67. The molecule has 11 N–H and O–H groups in total. The van der Waals surface area contributed by atoms with Gasteiger partial charge >= 0.3 is 5.97 Å². The predicted octanol–water partition coefficient (Wildman–Crippen LogP) is -1.82. The van der Waals surface area contributed by atoms with Crippen molar-refractivity contribution in [2.24, 2.45) is 34.0 Å². The summed E-state index contributed by atoms with van der Waals surface area (Å²) in [7, 11) is 0. The minimum atomic E-state index is -1.24. The molecule has 0 spiro atoms. The Morgan fingerprint density at radius 3 is 2.14 bits per heavy atom. The Morgan fingerprint density at radius 2 is 1.64 bits per heavy atom. The molecular formula is C22H39N9O5. The number of aromatic nitrogens is 2. The zero-order valence-electron chi connectivity index (χ0n) is 21.2. The molecule has 0 saturated carbocycles. The standard InChI is InChI=1S/C22H39N9O5/c1-11(2)16(23)19(33)29-14(6-5-7-27-22(24)25)18(32)31-17(12(3)4)20(34)30-15(21(35)36)8-13-9-26-10-28-13/h9-12,14-17H,5-8,23H2,1-4H3,(H,26,28)(H,29,33)(H,30,34)(H,31,32)(H,35,36)(H4,24,25,27). The summed E-state index contributed by atoms with van der Waals surface area (Å²) in [6, 6.07) is -4.14. The van der Waals surface area contributed by atoms with Crippen molar-refractivity contribution in [3.63, 3.8) is 0 Å². The highest BCUT2D eigenvalue weighted by Crippen LogP contribution is 2.08. The average molecular weight is 510 g/mol. The molecule has 0 bridgehead atoms. The minimum Gasteiger partial charge on any atom is -0.480 e. The highest BCUT2D eigenvalue weighted by Gasteiger charge is 2.32. The number of rotatable bonds is 15. The smallest absolute Gasteiger partial charge is 0.326 e. The second-order valence-electron chi connectivity index (χ2n) is 9.19. The quantitative estimate of drug-likeness (QED) is 0.0752. The molecule has 3 amide bonds. The van der Waals surface area contributed by atoms with Crippen molar-refractivity contribution in [2.45, 2.75) is 71.1 Å². The normalized spacial score (nSPS) is 14.4. The fourth-order valence-electron chi connectivity index (χ4n) is 3.21. The SMILES string of the molecule is CC(C)C(N)C(=O)NC(CCCN=C(N)N)C(=O)NC(C(=O)NC(Cc1cnc[nH]1)C(=O)O)C(C)C. The van der Waals surface area contributed by atoms with E-state index in [0.717, 1.165) is 0 Å². The summed E-state index contributed by atoms with van der Waals surface area (Å²) in [5, 5.41) is 17.3. The maximum absolute atomic E-state index is 13.1. The van der Waals surface area contributed by atoms with E-state index >= 15 is 0 Å². The Bertz CT molecular complexity index is 898. The third kappa shape index (κ3) is 10.3. The van der Waals surface area contributed by atoms with Crippen LogP contribution in [0.25, 0.3) is 0 Å². The lowest BCUT2D eigenvalue weighted by molar-refractivity contribution is -0.142. The van der Waals surface area contributed by atoms with E-state index in [-0.39, 0.29) is 37.2 Å². The Hall–Kier alpha value is -3.68. The van der Waals surface area contributed by atoms with Gasteiger partial charge in [0, 0.05) is 24.9 Å². The maximum Gasteiger partial charge on any atom is 0.326 e. The lowest BCUT2D eigenvalue weighted by atomic mass is 10.0. The number of aliphatic carboxylic acids is 1. The zero-order chi connectivity index (χ0) is 27.4. The van der Waals surface area contributed by atoms with E-state index in [1.54, 1.807) is 27.7 Å². The minimum absolute atomic E-state index is 0.0175. The highest BCUT2D eigenvalue weighted by atomic mass is 16.4. The first kappa shape index (κ1) is 30.4. The predicted molar refractivity (Wildman–Crippen MR) is 133 cm³/mol. The number of imidazole rings is 1. The second kappa shape index (κ2) is 14.7. The third-order valence-electron chi connectivity index (χ3n) is 5.44. The number of nitrogens with one attached hydrogen (secondary N) is 4. The first-order valence-corrected chi connectivity index (χ1v) is 11.8. The molecule has 0 aliphatic carbocycles. The van der Waals surface area contributed by atoms with Gasteiger partial charge in [0.05, 0.1) is 12.4 Å². The van der Waals surface area contributed by atoms with Crippen LogP contribution in [0, 0.1) is 11.8 Å². The van der Waals surface area contributed by atoms with Crippen molar-refractivity contribution in [3.8, 4) is 0 Å². The van der Waals surface area contributed by atoms with Crippen LogP contribution >= 0.6 is 0 Å². The van der Waals surface area contributed by atoms with Gasteiger partial charge < -0.3 is 43.2 Å². The number of hydrogen-bond acceptors (Lipinski definition) is 7. The molecule has 14 nitrogen and oxygen atoms in total. The fourth-order valence-corrected chi connectivity index (χ4v) is 3.21. The third-order valence-corrected chi connectivity index (χ3v) is 5.44. The summed E-state index contributed by atoms with van der Waals surface area (Å²) >= 11 is 0. The van der Waals surface area contributed by atoms with Crippen LogP contribution in [0.5, 0.6) is 0 Å². The van der Waals surface area contributed by atoms with E-state index in [1.165, 1.54) is 12.5 Å². The number of carboxylic acids is 1. The van der Waals surface area contributed by atoms with Crippen LogP contribution in [0.3, 0.4) is 0 Å². The molecular weight excluding hydrogens is 470 g/mol. The number of carbonyl (C=O) groups excluding carboxylic acids is 3. The zero-order valence-corrected chi connectivity index (χ0v) is 21.2. The van der Waals surface area contributed by atoms with Crippen molar-refractivity contribution < 1.29 is 24.3 Å². The lowest BCUT2D eigenvalue weighted by Crippen LogP contribution is -2.59. The van der Waals surface area contributed by atoms with E-state index in [4.69, 9.17) is 17.2 Å². The molecule has 1 aromatic heterocycles. The monoisotopic (exact) mass is 509 g/mol. The van der Waals surface area contributed by atoms with E-state index in [2.05, 4.69) is 30.9 Å². The van der Waals surface area contributed by atoms with Gasteiger partial charge in [0.2, 0.25) is 17.7 Å². The average Bonchev–Trinajstić information content (AvgIpc) is 3.30. The van der Waals surface area contributed by atoms with Crippen molar-refractivity contribution in [3.05, 3.63) is 18.2 Å². The molecule has 1 aromatic rings. The summed E-state index contributed by atoms with van der Waals surface area (Å²) in [5.41, 5.74) is 17.1. The number of aliphatic imine (C=N–C) groups is 1. The topological polar surface area (TPSA) is 244 Å². The van der Waals surface area contributed by atoms with Crippen LogP contribution in [0.4, 0.5) is 0 Å². The van der Waals surface area contributed by atoms with Crippen molar-refractivity contribution in [1.29, 1.82) is 0 Å². The first-order valence-electron chi connectivity index (χ1n) is 11.8. The molecule has 202 valence electrons. The molecule has 36 heavy (non-hydrogen) atoms. The number of amides is 3. The molecule has 14 heteroatoms. The summed E-state index contributed by atoms with van der Waals surface area (Å²) in [4.78, 5) is 60.8. The first-order chi connectivity index (χ1) is 16.8. The van der Waals surface area contributed by atoms with Crippen LogP contribution in [0.15, 0.2) is 17.5 Å². The molecule has 0 aliphatic rings. The van der Waals surface area contributed by atoms with Gasteiger partial charge in [-0.05, 0) is 24.7 Å². The van der Waals surface area contributed by atoms with Crippen molar-refractivity contribution in [1.82, 2.24) is 25.9 Å².